The Morgan fingerprint density at radius 1 is 1.85 bits per heavy atom. The lowest BCUT2D eigenvalue weighted by molar-refractivity contribution is -0.118. The van der Waals surface area contributed by atoms with E-state index in [9.17, 15) is 4.79 Å². The van der Waals surface area contributed by atoms with E-state index < -0.39 is 5.91 Å². The maximum absolute atomic E-state index is 10.5. The SMILES string of the molecule is C#CCNc1cnn(CC(N)=O)c1. The van der Waals surface area contributed by atoms with Crippen LogP contribution in [0.1, 0.15) is 0 Å². The number of carbonyl (C=O) groups excluding carboxylic acids is 1. The molecule has 0 aliphatic heterocycles. The molecular weight excluding hydrogens is 168 g/mol. The summed E-state index contributed by atoms with van der Waals surface area (Å²) in [6.07, 6.45) is 8.30. The maximum Gasteiger partial charge on any atom is 0.239 e. The van der Waals surface area contributed by atoms with Gasteiger partial charge in [-0.3, -0.25) is 9.48 Å². The van der Waals surface area contributed by atoms with E-state index in [2.05, 4.69) is 16.3 Å². The van der Waals surface area contributed by atoms with Crippen LogP contribution in [0.2, 0.25) is 0 Å². The number of hydrogen-bond acceptors (Lipinski definition) is 3. The highest BCUT2D eigenvalue weighted by atomic mass is 16.1. The first-order chi connectivity index (χ1) is 6.22. The van der Waals surface area contributed by atoms with E-state index in [-0.39, 0.29) is 6.54 Å². The Morgan fingerprint density at radius 3 is 3.23 bits per heavy atom. The maximum atomic E-state index is 10.5. The molecule has 0 bridgehead atoms. The number of terminal acetylenes is 1. The van der Waals surface area contributed by atoms with Gasteiger partial charge in [0.2, 0.25) is 5.91 Å². The molecule has 3 N–H and O–H groups in total. The molecule has 1 aromatic heterocycles. The molecule has 0 saturated carbocycles. The zero-order valence-electron chi connectivity index (χ0n) is 7.03. The van der Waals surface area contributed by atoms with Crippen molar-refractivity contribution in [3.8, 4) is 12.3 Å². The molecule has 0 radical (unpaired) electrons. The van der Waals surface area contributed by atoms with Crippen LogP contribution in [-0.2, 0) is 11.3 Å². The van der Waals surface area contributed by atoms with Crippen molar-refractivity contribution in [2.45, 2.75) is 6.54 Å². The van der Waals surface area contributed by atoms with Crippen molar-refractivity contribution in [3.63, 3.8) is 0 Å². The van der Waals surface area contributed by atoms with Gasteiger partial charge in [-0.1, -0.05) is 5.92 Å². The fraction of sp³-hybridized carbons (Fsp3) is 0.250. The van der Waals surface area contributed by atoms with Gasteiger partial charge >= 0.3 is 0 Å². The van der Waals surface area contributed by atoms with Gasteiger partial charge in [-0.2, -0.15) is 5.10 Å². The quantitative estimate of drug-likeness (QED) is 0.605. The highest BCUT2D eigenvalue weighted by molar-refractivity contribution is 5.73. The first-order valence-electron chi connectivity index (χ1n) is 3.70. The van der Waals surface area contributed by atoms with Crippen LogP contribution in [0.15, 0.2) is 12.4 Å². The summed E-state index contributed by atoms with van der Waals surface area (Å²) in [5, 5.41) is 6.81. The van der Waals surface area contributed by atoms with Gasteiger partial charge in [0.15, 0.2) is 0 Å². The molecule has 1 amide bonds. The predicted octanol–water partition coefficient (Wildman–Crippen LogP) is -0.587. The van der Waals surface area contributed by atoms with Crippen LogP contribution in [-0.4, -0.2) is 22.2 Å². The molecule has 1 heterocycles. The lowest BCUT2D eigenvalue weighted by atomic mass is 10.5. The van der Waals surface area contributed by atoms with E-state index in [0.29, 0.717) is 6.54 Å². The number of carbonyl (C=O) groups is 1. The average Bonchev–Trinajstić information content (AvgIpc) is 2.48. The number of nitrogens with zero attached hydrogens (tertiary/aromatic N) is 2. The minimum Gasteiger partial charge on any atom is -0.372 e. The van der Waals surface area contributed by atoms with Crippen molar-refractivity contribution in [2.24, 2.45) is 5.73 Å². The Hall–Kier alpha value is -1.96. The summed E-state index contributed by atoms with van der Waals surface area (Å²) < 4.78 is 1.45. The van der Waals surface area contributed by atoms with Gasteiger partial charge in [0, 0.05) is 6.20 Å². The van der Waals surface area contributed by atoms with Crippen molar-refractivity contribution in [1.82, 2.24) is 9.78 Å². The van der Waals surface area contributed by atoms with E-state index in [1.54, 1.807) is 12.4 Å². The lowest BCUT2D eigenvalue weighted by Crippen LogP contribution is -2.18. The Balaban J connectivity index is 2.54. The minimum atomic E-state index is -0.424. The molecule has 1 rings (SSSR count). The predicted molar refractivity (Wildman–Crippen MR) is 48.7 cm³/mol. The van der Waals surface area contributed by atoms with Crippen molar-refractivity contribution in [2.75, 3.05) is 11.9 Å². The number of nitrogens with one attached hydrogen (secondary N) is 1. The largest absolute Gasteiger partial charge is 0.372 e. The zero-order valence-corrected chi connectivity index (χ0v) is 7.03. The topological polar surface area (TPSA) is 72.9 Å². The molecule has 0 aromatic carbocycles. The van der Waals surface area contributed by atoms with Crippen LogP contribution >= 0.6 is 0 Å². The number of anilines is 1. The van der Waals surface area contributed by atoms with Gasteiger partial charge in [0.25, 0.3) is 0 Å². The van der Waals surface area contributed by atoms with E-state index in [0.717, 1.165) is 5.69 Å². The van der Waals surface area contributed by atoms with Gasteiger partial charge in [-0.05, 0) is 0 Å². The molecule has 0 spiro atoms. The van der Waals surface area contributed by atoms with E-state index in [1.807, 2.05) is 0 Å². The fourth-order valence-corrected chi connectivity index (χ4v) is 0.854. The van der Waals surface area contributed by atoms with Crippen LogP contribution in [0, 0.1) is 12.3 Å². The molecule has 13 heavy (non-hydrogen) atoms. The summed E-state index contributed by atoms with van der Waals surface area (Å²) in [6.45, 7) is 0.514. The van der Waals surface area contributed by atoms with Gasteiger partial charge in [-0.15, -0.1) is 6.42 Å². The summed E-state index contributed by atoms with van der Waals surface area (Å²) >= 11 is 0. The third kappa shape index (κ3) is 2.87. The highest BCUT2D eigenvalue weighted by Gasteiger charge is 1.99. The second kappa shape index (κ2) is 4.16. The van der Waals surface area contributed by atoms with Crippen LogP contribution in [0.5, 0.6) is 0 Å². The normalized spacial score (nSPS) is 9.15. The molecule has 0 aliphatic rings. The third-order valence-electron chi connectivity index (χ3n) is 1.35. The van der Waals surface area contributed by atoms with Crippen LogP contribution in [0.25, 0.3) is 0 Å². The number of rotatable bonds is 4. The van der Waals surface area contributed by atoms with Crippen molar-refractivity contribution in [3.05, 3.63) is 12.4 Å². The van der Waals surface area contributed by atoms with E-state index in [1.165, 1.54) is 4.68 Å². The standard InChI is InChI=1S/C8H10N4O/c1-2-3-10-7-4-11-12(5-7)6-8(9)13/h1,4-5,10H,3,6H2,(H2,9,13). The number of primary amides is 1. The molecule has 0 atom stereocenters. The summed E-state index contributed by atoms with van der Waals surface area (Å²) in [7, 11) is 0. The van der Waals surface area contributed by atoms with Gasteiger partial charge in [-0.25, -0.2) is 0 Å². The molecular formula is C8H10N4O. The van der Waals surface area contributed by atoms with Gasteiger partial charge in [0.1, 0.15) is 6.54 Å². The molecule has 5 heteroatoms. The molecule has 0 unspecified atom stereocenters. The number of aromatic nitrogens is 2. The molecule has 0 aliphatic carbocycles. The zero-order chi connectivity index (χ0) is 9.68. The first-order valence-corrected chi connectivity index (χ1v) is 3.70. The summed E-state index contributed by atoms with van der Waals surface area (Å²) in [4.78, 5) is 10.5. The Kier molecular flexibility index (Phi) is 2.92. The van der Waals surface area contributed by atoms with Gasteiger partial charge in [0.05, 0.1) is 18.4 Å². The van der Waals surface area contributed by atoms with E-state index >= 15 is 0 Å². The number of hydrogen-bond donors (Lipinski definition) is 2. The summed E-state index contributed by atoms with van der Waals surface area (Å²) in [5.41, 5.74) is 5.76. The van der Waals surface area contributed by atoms with Gasteiger partial charge < -0.3 is 11.1 Å². The average molecular weight is 178 g/mol. The minimum absolute atomic E-state index is 0.0811. The molecule has 68 valence electrons. The van der Waals surface area contributed by atoms with Crippen molar-refractivity contribution >= 4 is 11.6 Å². The van der Waals surface area contributed by atoms with Crippen LogP contribution in [0.3, 0.4) is 0 Å². The van der Waals surface area contributed by atoms with Crippen LogP contribution in [0.4, 0.5) is 5.69 Å². The number of amides is 1. The fourth-order valence-electron chi connectivity index (χ4n) is 0.854. The second-order valence-corrected chi connectivity index (χ2v) is 2.45. The summed E-state index contributed by atoms with van der Waals surface area (Å²) in [6, 6.07) is 0. The molecule has 0 saturated heterocycles. The Labute approximate surface area is 75.9 Å². The second-order valence-electron chi connectivity index (χ2n) is 2.45. The monoisotopic (exact) mass is 178 g/mol. The Bertz CT molecular complexity index is 336. The number of nitrogens with two attached hydrogens (primary N) is 1. The molecule has 1 aromatic rings. The third-order valence-corrected chi connectivity index (χ3v) is 1.35. The highest BCUT2D eigenvalue weighted by Crippen LogP contribution is 2.02. The smallest absolute Gasteiger partial charge is 0.239 e. The lowest BCUT2D eigenvalue weighted by Gasteiger charge is -1.96. The Morgan fingerprint density at radius 2 is 2.62 bits per heavy atom. The van der Waals surface area contributed by atoms with E-state index in [4.69, 9.17) is 12.2 Å². The summed E-state index contributed by atoms with van der Waals surface area (Å²) in [5.74, 6) is 2.00. The molecule has 5 nitrogen and oxygen atoms in total. The van der Waals surface area contributed by atoms with Crippen molar-refractivity contribution < 1.29 is 4.79 Å². The van der Waals surface area contributed by atoms with Crippen molar-refractivity contribution in [1.29, 1.82) is 0 Å². The molecule has 0 fully saturated rings. The first kappa shape index (κ1) is 9.13. The van der Waals surface area contributed by atoms with Crippen LogP contribution < -0.4 is 11.1 Å².